The minimum absolute atomic E-state index is 0.0618. The third-order valence-corrected chi connectivity index (χ3v) is 6.00. The lowest BCUT2D eigenvalue weighted by Crippen LogP contribution is -2.42. The number of carboxylic acid groups (broad SMARTS) is 1. The number of carbonyl (C=O) groups is 3. The van der Waals surface area contributed by atoms with E-state index in [-0.39, 0.29) is 31.4 Å². The van der Waals surface area contributed by atoms with Crippen molar-refractivity contribution in [1.29, 1.82) is 0 Å². The zero-order chi connectivity index (χ0) is 17.3. The third kappa shape index (κ3) is 2.81. The van der Waals surface area contributed by atoms with Crippen molar-refractivity contribution in [2.24, 2.45) is 11.3 Å². The summed E-state index contributed by atoms with van der Waals surface area (Å²) in [7, 11) is 0. The van der Waals surface area contributed by atoms with Gasteiger partial charge >= 0.3 is 5.97 Å². The molecule has 0 saturated carbocycles. The predicted octanol–water partition coefficient (Wildman–Crippen LogP) is 1.46. The lowest BCUT2D eigenvalue weighted by atomic mass is 9.81. The molecule has 0 bridgehead atoms. The number of rotatable bonds is 6. The molecule has 2 saturated heterocycles. The second-order valence-corrected chi connectivity index (χ2v) is 7.66. The van der Waals surface area contributed by atoms with Crippen molar-refractivity contribution in [2.75, 3.05) is 26.2 Å². The molecule has 0 spiro atoms. The summed E-state index contributed by atoms with van der Waals surface area (Å²) in [6, 6.07) is 3.94. The van der Waals surface area contributed by atoms with Gasteiger partial charge in [-0.25, -0.2) is 0 Å². The van der Waals surface area contributed by atoms with E-state index in [1.807, 2.05) is 24.4 Å². The molecule has 24 heavy (non-hydrogen) atoms. The number of nitrogens with zero attached hydrogens (tertiary/aromatic N) is 2. The van der Waals surface area contributed by atoms with Crippen LogP contribution in [0.1, 0.15) is 24.6 Å². The Morgan fingerprint density at radius 3 is 2.79 bits per heavy atom. The lowest BCUT2D eigenvalue weighted by Gasteiger charge is -2.25. The van der Waals surface area contributed by atoms with Crippen molar-refractivity contribution < 1.29 is 19.5 Å². The van der Waals surface area contributed by atoms with Gasteiger partial charge in [-0.2, -0.15) is 0 Å². The normalized spacial score (nSPS) is 26.0. The van der Waals surface area contributed by atoms with Crippen molar-refractivity contribution in [2.45, 2.75) is 26.2 Å². The van der Waals surface area contributed by atoms with Crippen LogP contribution < -0.4 is 0 Å². The molecule has 2 atom stereocenters. The van der Waals surface area contributed by atoms with Crippen molar-refractivity contribution in [3.05, 3.63) is 22.4 Å². The maximum atomic E-state index is 12.5. The Hall–Kier alpha value is -1.89. The van der Waals surface area contributed by atoms with Gasteiger partial charge in [0, 0.05) is 37.5 Å². The number of fused-ring (bicyclic) bond motifs is 1. The van der Waals surface area contributed by atoms with Crippen LogP contribution in [0.15, 0.2) is 17.5 Å². The molecule has 1 aromatic rings. The van der Waals surface area contributed by atoms with E-state index in [4.69, 9.17) is 0 Å². The van der Waals surface area contributed by atoms with Gasteiger partial charge in [0.2, 0.25) is 11.8 Å². The van der Waals surface area contributed by atoms with Crippen LogP contribution in [0.3, 0.4) is 0 Å². The number of likely N-dealkylation sites (tertiary alicyclic amines) is 2. The molecule has 0 radical (unpaired) electrons. The fraction of sp³-hybridized carbons (Fsp3) is 0.588. The molecule has 0 aromatic carbocycles. The summed E-state index contributed by atoms with van der Waals surface area (Å²) < 4.78 is 0. The van der Waals surface area contributed by atoms with E-state index in [9.17, 15) is 19.5 Å². The van der Waals surface area contributed by atoms with Crippen LogP contribution in [-0.2, 0) is 20.8 Å². The van der Waals surface area contributed by atoms with Crippen LogP contribution >= 0.6 is 11.3 Å². The zero-order valence-corrected chi connectivity index (χ0v) is 14.6. The first-order chi connectivity index (χ1) is 11.5. The second-order valence-electron chi connectivity index (χ2n) is 6.63. The number of carboxylic acids is 1. The Morgan fingerprint density at radius 1 is 1.42 bits per heavy atom. The first-order valence-corrected chi connectivity index (χ1v) is 9.18. The van der Waals surface area contributed by atoms with Crippen LogP contribution in [0.4, 0.5) is 0 Å². The molecule has 2 aliphatic rings. The Kier molecular flexibility index (Phi) is 4.62. The van der Waals surface area contributed by atoms with Crippen molar-refractivity contribution >= 4 is 29.1 Å². The molecule has 6 nitrogen and oxygen atoms in total. The van der Waals surface area contributed by atoms with Crippen molar-refractivity contribution in [3.63, 3.8) is 0 Å². The van der Waals surface area contributed by atoms with E-state index in [0.29, 0.717) is 19.4 Å². The van der Waals surface area contributed by atoms with Gasteiger partial charge in [-0.1, -0.05) is 13.0 Å². The predicted molar refractivity (Wildman–Crippen MR) is 89.6 cm³/mol. The Morgan fingerprint density at radius 2 is 2.21 bits per heavy atom. The van der Waals surface area contributed by atoms with Crippen molar-refractivity contribution in [1.82, 2.24) is 9.80 Å². The minimum Gasteiger partial charge on any atom is -0.481 e. The van der Waals surface area contributed by atoms with Gasteiger partial charge in [0.05, 0.1) is 5.92 Å². The number of aryl methyl sites for hydroxylation is 1. The first kappa shape index (κ1) is 17.0. The van der Waals surface area contributed by atoms with Crippen LogP contribution in [0.5, 0.6) is 0 Å². The monoisotopic (exact) mass is 350 g/mol. The highest BCUT2D eigenvalue weighted by Gasteiger charge is 2.62. The highest BCUT2D eigenvalue weighted by Crippen LogP contribution is 2.43. The summed E-state index contributed by atoms with van der Waals surface area (Å²) in [4.78, 5) is 41.2. The van der Waals surface area contributed by atoms with Gasteiger partial charge in [-0.3, -0.25) is 14.4 Å². The topological polar surface area (TPSA) is 77.9 Å². The Bertz CT molecular complexity index is 645. The number of carbonyl (C=O) groups excluding carboxylic acids is 2. The third-order valence-electron chi connectivity index (χ3n) is 5.06. The average molecular weight is 350 g/mol. The lowest BCUT2D eigenvalue weighted by molar-refractivity contribution is -0.150. The van der Waals surface area contributed by atoms with Gasteiger partial charge < -0.3 is 14.9 Å². The summed E-state index contributed by atoms with van der Waals surface area (Å²) in [6.07, 6.45) is 1.82. The molecule has 1 N–H and O–H groups in total. The fourth-order valence-corrected chi connectivity index (χ4v) is 4.51. The van der Waals surface area contributed by atoms with Crippen LogP contribution in [0, 0.1) is 11.3 Å². The minimum atomic E-state index is -1.13. The molecule has 7 heteroatoms. The summed E-state index contributed by atoms with van der Waals surface area (Å²) >= 11 is 1.61. The average Bonchev–Trinajstić information content (AvgIpc) is 3.24. The summed E-state index contributed by atoms with van der Waals surface area (Å²) in [5, 5.41) is 11.7. The maximum absolute atomic E-state index is 12.5. The van der Waals surface area contributed by atoms with E-state index in [1.54, 1.807) is 21.1 Å². The van der Waals surface area contributed by atoms with Gasteiger partial charge in [-0.05, 0) is 24.3 Å². The molecule has 2 aliphatic heterocycles. The molecule has 2 amide bonds. The summed E-state index contributed by atoms with van der Waals surface area (Å²) in [5.74, 6) is -1.75. The van der Waals surface area contributed by atoms with Crippen LogP contribution in [-0.4, -0.2) is 58.9 Å². The van der Waals surface area contributed by atoms with Gasteiger partial charge in [0.25, 0.3) is 0 Å². The van der Waals surface area contributed by atoms with Crippen molar-refractivity contribution in [3.8, 4) is 0 Å². The molecule has 3 rings (SSSR count). The summed E-state index contributed by atoms with van der Waals surface area (Å²) in [6.45, 7) is 3.14. The molecular weight excluding hydrogens is 328 g/mol. The molecule has 1 aromatic heterocycles. The molecule has 3 heterocycles. The quantitative estimate of drug-likeness (QED) is 0.843. The van der Waals surface area contributed by atoms with E-state index < -0.39 is 17.3 Å². The second kappa shape index (κ2) is 6.55. The molecule has 0 unspecified atom stereocenters. The Labute approximate surface area is 145 Å². The van der Waals surface area contributed by atoms with Crippen LogP contribution in [0.25, 0.3) is 0 Å². The number of hydrogen-bond acceptors (Lipinski definition) is 4. The largest absolute Gasteiger partial charge is 0.481 e. The smallest absolute Gasteiger partial charge is 0.314 e. The standard InChI is InChI=1S/C17H22N2O4S/c1-2-7-18-10-17(16(22)23)11-19(9-13(17)15(18)21)14(20)6-5-12-4-3-8-24-12/h3-4,8,13H,2,5-7,9-11H2,1H3,(H,22,23)/t13-,17+/m0/s1. The van der Waals surface area contributed by atoms with Gasteiger partial charge in [0.15, 0.2) is 0 Å². The molecule has 130 valence electrons. The molecule has 0 aliphatic carbocycles. The zero-order valence-electron chi connectivity index (χ0n) is 13.7. The molecular formula is C17H22N2O4S. The number of amides is 2. The highest BCUT2D eigenvalue weighted by molar-refractivity contribution is 7.09. The fourth-order valence-electron chi connectivity index (χ4n) is 3.80. The first-order valence-electron chi connectivity index (χ1n) is 8.30. The van der Waals surface area contributed by atoms with E-state index in [1.165, 1.54) is 0 Å². The van der Waals surface area contributed by atoms with E-state index in [0.717, 1.165) is 11.3 Å². The number of aliphatic carboxylic acids is 1. The van der Waals surface area contributed by atoms with Gasteiger partial charge in [0.1, 0.15) is 5.41 Å². The highest BCUT2D eigenvalue weighted by atomic mass is 32.1. The van der Waals surface area contributed by atoms with E-state index >= 15 is 0 Å². The van der Waals surface area contributed by atoms with E-state index in [2.05, 4.69) is 0 Å². The number of thiophene rings is 1. The molecule has 2 fully saturated rings. The maximum Gasteiger partial charge on any atom is 0.314 e. The Balaban J connectivity index is 1.69. The van der Waals surface area contributed by atoms with Gasteiger partial charge in [-0.15, -0.1) is 11.3 Å². The van der Waals surface area contributed by atoms with Crippen LogP contribution in [0.2, 0.25) is 0 Å². The number of hydrogen-bond donors (Lipinski definition) is 1. The summed E-state index contributed by atoms with van der Waals surface area (Å²) in [5.41, 5.74) is -1.13. The SMILES string of the molecule is CCCN1C[C@@]2(C(=O)O)CN(C(=O)CCc3cccs3)C[C@H]2C1=O.